The summed E-state index contributed by atoms with van der Waals surface area (Å²) in [6.07, 6.45) is 3.59. The van der Waals surface area contributed by atoms with E-state index in [0.29, 0.717) is 11.5 Å². The van der Waals surface area contributed by atoms with Crippen LogP contribution in [0.5, 0.6) is 11.5 Å². The minimum Gasteiger partial charge on any atom is -0.493 e. The van der Waals surface area contributed by atoms with Gasteiger partial charge >= 0.3 is 0 Å². The van der Waals surface area contributed by atoms with Crippen molar-refractivity contribution in [2.75, 3.05) is 20.3 Å². The average Bonchev–Trinajstić information content (AvgIpc) is 3.29. The Morgan fingerprint density at radius 1 is 1.11 bits per heavy atom. The van der Waals surface area contributed by atoms with Crippen molar-refractivity contribution in [1.29, 1.82) is 0 Å². The number of carbonyl (C=O) groups excluding carboxylic acids is 1. The molecule has 2 aromatic carbocycles. The number of nitrogens with zero attached hydrogens (tertiary/aromatic N) is 1. The van der Waals surface area contributed by atoms with Crippen molar-refractivity contribution in [2.24, 2.45) is 5.41 Å². The molecule has 2 saturated heterocycles. The molecule has 4 rings (SSSR count). The van der Waals surface area contributed by atoms with Crippen molar-refractivity contribution in [1.82, 2.24) is 4.90 Å². The molecule has 28 heavy (non-hydrogen) atoms. The lowest BCUT2D eigenvalue weighted by molar-refractivity contribution is -0.135. The molecule has 2 aliphatic heterocycles. The van der Waals surface area contributed by atoms with E-state index in [9.17, 15) is 9.90 Å². The van der Waals surface area contributed by atoms with Gasteiger partial charge in [0.05, 0.1) is 13.7 Å². The Labute approximate surface area is 165 Å². The van der Waals surface area contributed by atoms with Gasteiger partial charge in [0.2, 0.25) is 0 Å². The number of benzene rings is 2. The summed E-state index contributed by atoms with van der Waals surface area (Å²) in [7, 11) is 1.59. The predicted octanol–water partition coefficient (Wildman–Crippen LogP) is 3.06. The monoisotopic (exact) mass is 381 g/mol. The van der Waals surface area contributed by atoms with Crippen LogP contribution in [0.1, 0.15) is 24.8 Å². The van der Waals surface area contributed by atoms with E-state index in [-0.39, 0.29) is 36.6 Å². The number of ether oxygens (including phenoxy) is 2. The van der Waals surface area contributed by atoms with Crippen molar-refractivity contribution in [3.63, 3.8) is 0 Å². The molecule has 1 amide bonds. The molecule has 5 heteroatoms. The molecular weight excluding hydrogens is 354 g/mol. The molecule has 5 nitrogen and oxygen atoms in total. The number of aliphatic hydroxyl groups is 1. The molecule has 0 radical (unpaired) electrons. The summed E-state index contributed by atoms with van der Waals surface area (Å²) in [4.78, 5) is 15.0. The lowest BCUT2D eigenvalue weighted by Gasteiger charge is -2.36. The first-order valence-electron chi connectivity index (χ1n) is 9.88. The van der Waals surface area contributed by atoms with Gasteiger partial charge in [-0.3, -0.25) is 4.79 Å². The molecular formula is C23H27NO4. The van der Waals surface area contributed by atoms with Crippen molar-refractivity contribution in [3.8, 4) is 11.5 Å². The third kappa shape index (κ3) is 3.35. The molecule has 2 bridgehead atoms. The molecule has 2 fully saturated rings. The van der Waals surface area contributed by atoms with Crippen molar-refractivity contribution < 1.29 is 19.4 Å². The molecule has 0 aliphatic carbocycles. The van der Waals surface area contributed by atoms with Crippen molar-refractivity contribution in [3.05, 3.63) is 60.2 Å². The van der Waals surface area contributed by atoms with Crippen molar-refractivity contribution in [2.45, 2.75) is 37.8 Å². The Balaban J connectivity index is 1.47. The highest BCUT2D eigenvalue weighted by Gasteiger charge is 2.56. The zero-order chi connectivity index (χ0) is 19.6. The predicted molar refractivity (Wildman–Crippen MR) is 106 cm³/mol. The molecule has 0 aromatic heterocycles. The van der Waals surface area contributed by atoms with Gasteiger partial charge in [-0.15, -0.1) is 0 Å². The SMILES string of the molecule is COc1ccccc1OCC(=O)N1[C@H]2CC[C@@H]1[C@@](CO)(Cc1ccccc1)C2. The average molecular weight is 381 g/mol. The summed E-state index contributed by atoms with van der Waals surface area (Å²) in [6, 6.07) is 17.8. The number of methoxy groups -OCH3 is 1. The highest BCUT2D eigenvalue weighted by Crippen LogP contribution is 2.51. The van der Waals surface area contributed by atoms with E-state index in [1.165, 1.54) is 5.56 Å². The second kappa shape index (κ2) is 7.84. The fourth-order valence-corrected chi connectivity index (χ4v) is 5.04. The van der Waals surface area contributed by atoms with Crippen LogP contribution in [0.15, 0.2) is 54.6 Å². The zero-order valence-electron chi connectivity index (χ0n) is 16.2. The second-order valence-corrected chi connectivity index (χ2v) is 7.87. The Morgan fingerprint density at radius 2 is 1.82 bits per heavy atom. The van der Waals surface area contributed by atoms with Crippen LogP contribution in [0.3, 0.4) is 0 Å². The van der Waals surface area contributed by atoms with Crippen molar-refractivity contribution >= 4 is 5.91 Å². The van der Waals surface area contributed by atoms with Gasteiger partial charge in [0.15, 0.2) is 18.1 Å². The topological polar surface area (TPSA) is 59.0 Å². The quantitative estimate of drug-likeness (QED) is 0.801. The van der Waals surface area contributed by atoms with Gasteiger partial charge in [0, 0.05) is 17.5 Å². The number of carbonyl (C=O) groups is 1. The summed E-state index contributed by atoms with van der Waals surface area (Å²) in [5, 5.41) is 10.3. The van der Waals surface area contributed by atoms with Gasteiger partial charge in [-0.1, -0.05) is 42.5 Å². The third-order valence-electron chi connectivity index (χ3n) is 6.27. The Hall–Kier alpha value is -2.53. The number of fused-ring (bicyclic) bond motifs is 2. The van der Waals surface area contributed by atoms with E-state index >= 15 is 0 Å². The number of hydrogen-bond acceptors (Lipinski definition) is 4. The fraction of sp³-hybridized carbons (Fsp3) is 0.435. The summed E-state index contributed by atoms with van der Waals surface area (Å²) < 4.78 is 11.1. The van der Waals surface area contributed by atoms with Crippen LogP contribution in [-0.4, -0.2) is 48.3 Å². The molecule has 1 N–H and O–H groups in total. The minimum atomic E-state index is -0.260. The number of para-hydroxylation sites is 2. The highest BCUT2D eigenvalue weighted by atomic mass is 16.5. The Morgan fingerprint density at radius 3 is 2.54 bits per heavy atom. The van der Waals surface area contributed by atoms with E-state index in [1.807, 2.05) is 41.3 Å². The zero-order valence-corrected chi connectivity index (χ0v) is 16.2. The van der Waals surface area contributed by atoms with E-state index < -0.39 is 0 Å². The number of amides is 1. The van der Waals surface area contributed by atoms with Crippen LogP contribution in [0, 0.1) is 5.41 Å². The van der Waals surface area contributed by atoms with Crippen LogP contribution in [0.4, 0.5) is 0 Å². The fourth-order valence-electron chi connectivity index (χ4n) is 5.04. The van der Waals surface area contributed by atoms with Gasteiger partial charge in [-0.05, 0) is 43.4 Å². The van der Waals surface area contributed by atoms with E-state index in [4.69, 9.17) is 9.47 Å². The molecule has 0 unspecified atom stereocenters. The Bertz CT molecular complexity index is 824. The maximum Gasteiger partial charge on any atom is 0.261 e. The lowest BCUT2D eigenvalue weighted by Crippen LogP contribution is -2.45. The molecule has 0 saturated carbocycles. The molecule has 3 atom stereocenters. The minimum absolute atomic E-state index is 0.0122. The van der Waals surface area contributed by atoms with Gasteiger partial charge in [0.25, 0.3) is 5.91 Å². The van der Waals surface area contributed by atoms with Gasteiger partial charge < -0.3 is 19.5 Å². The molecule has 0 spiro atoms. The molecule has 2 aromatic rings. The normalized spacial score (nSPS) is 25.7. The van der Waals surface area contributed by atoms with E-state index in [1.54, 1.807) is 13.2 Å². The largest absolute Gasteiger partial charge is 0.493 e. The maximum absolute atomic E-state index is 13.0. The van der Waals surface area contributed by atoms with Crippen LogP contribution < -0.4 is 9.47 Å². The molecule has 2 aliphatic rings. The summed E-state index contributed by atoms with van der Waals surface area (Å²) in [6.45, 7) is 0.0838. The molecule has 2 heterocycles. The van der Waals surface area contributed by atoms with Crippen LogP contribution in [0.25, 0.3) is 0 Å². The summed E-state index contributed by atoms with van der Waals surface area (Å²) in [5.41, 5.74) is 0.950. The second-order valence-electron chi connectivity index (χ2n) is 7.87. The Kier molecular flexibility index (Phi) is 5.27. The van der Waals surface area contributed by atoms with Crippen LogP contribution >= 0.6 is 0 Å². The third-order valence-corrected chi connectivity index (χ3v) is 6.27. The first-order chi connectivity index (χ1) is 13.7. The maximum atomic E-state index is 13.0. The van der Waals surface area contributed by atoms with Gasteiger partial charge in [0.1, 0.15) is 0 Å². The van der Waals surface area contributed by atoms with Gasteiger partial charge in [-0.2, -0.15) is 0 Å². The first kappa shape index (κ1) is 18.8. The van der Waals surface area contributed by atoms with Crippen LogP contribution in [-0.2, 0) is 11.2 Å². The smallest absolute Gasteiger partial charge is 0.261 e. The summed E-state index contributed by atoms with van der Waals surface area (Å²) >= 11 is 0. The lowest BCUT2D eigenvalue weighted by atomic mass is 9.70. The van der Waals surface area contributed by atoms with Gasteiger partial charge in [-0.25, -0.2) is 0 Å². The number of aliphatic hydroxyl groups excluding tert-OH is 1. The highest BCUT2D eigenvalue weighted by molar-refractivity contribution is 5.79. The summed E-state index contributed by atoms with van der Waals surface area (Å²) in [5.74, 6) is 1.18. The van der Waals surface area contributed by atoms with E-state index in [0.717, 1.165) is 25.7 Å². The van der Waals surface area contributed by atoms with E-state index in [2.05, 4.69) is 12.1 Å². The number of hydrogen-bond donors (Lipinski definition) is 1. The standard InChI is InChI=1S/C23H27NO4/c1-27-19-9-5-6-10-20(19)28-15-22(26)24-18-11-12-21(24)23(14-18,16-25)13-17-7-3-2-4-8-17/h2-10,18,21,25H,11-16H2,1H3/t18-,21+,23-/m0/s1. The first-order valence-corrected chi connectivity index (χ1v) is 9.88. The molecule has 148 valence electrons. The number of rotatable bonds is 7. The van der Waals surface area contributed by atoms with Crippen LogP contribution in [0.2, 0.25) is 0 Å².